The summed E-state index contributed by atoms with van der Waals surface area (Å²) < 4.78 is 14.4. The number of hydrogen-bond acceptors (Lipinski definition) is 6. The lowest BCUT2D eigenvalue weighted by atomic mass is 10.1. The Labute approximate surface area is 187 Å². The Morgan fingerprint density at radius 1 is 1.16 bits per heavy atom. The zero-order valence-electron chi connectivity index (χ0n) is 17.2. The minimum absolute atomic E-state index is 0.185. The van der Waals surface area contributed by atoms with E-state index in [-0.39, 0.29) is 11.9 Å². The summed E-state index contributed by atoms with van der Waals surface area (Å²) in [5.41, 5.74) is 10.0. The molecule has 32 heavy (non-hydrogen) atoms. The Bertz CT molecular complexity index is 1490. The van der Waals surface area contributed by atoms with E-state index in [4.69, 9.17) is 5.73 Å². The third-order valence-electron chi connectivity index (χ3n) is 4.79. The Hall–Kier alpha value is -3.80. The second-order valence-electron chi connectivity index (χ2n) is 7.45. The van der Waals surface area contributed by atoms with Gasteiger partial charge in [0, 0.05) is 12.1 Å². The maximum absolute atomic E-state index is 13.5. The van der Waals surface area contributed by atoms with Crippen molar-refractivity contribution in [2.45, 2.75) is 19.4 Å². The first-order valence-electron chi connectivity index (χ1n) is 10.1. The lowest BCUT2D eigenvalue weighted by Gasteiger charge is -2.05. The smallest absolute Gasteiger partial charge is 0.151 e. The van der Waals surface area contributed by atoms with Crippen LogP contribution in [0.3, 0.4) is 0 Å². The molecule has 3 aromatic heterocycles. The number of anilines is 2. The second kappa shape index (κ2) is 8.38. The van der Waals surface area contributed by atoms with Gasteiger partial charge in [0.2, 0.25) is 0 Å². The summed E-state index contributed by atoms with van der Waals surface area (Å²) >= 11 is 1.53. The summed E-state index contributed by atoms with van der Waals surface area (Å²) in [6.45, 7) is 1.85. The Balaban J connectivity index is 1.42. The molecule has 0 bridgehead atoms. The molecule has 5 rings (SSSR count). The van der Waals surface area contributed by atoms with Crippen molar-refractivity contribution in [2.24, 2.45) is 5.73 Å². The molecule has 0 radical (unpaired) electrons. The molecule has 1 unspecified atom stereocenters. The molecule has 0 fully saturated rings. The maximum Gasteiger partial charge on any atom is 0.151 e. The number of fused-ring (bicyclic) bond motifs is 2. The van der Waals surface area contributed by atoms with Gasteiger partial charge in [-0.3, -0.25) is 0 Å². The maximum atomic E-state index is 13.5. The van der Waals surface area contributed by atoms with Crippen LogP contribution in [-0.4, -0.2) is 26.0 Å². The third kappa shape index (κ3) is 4.30. The summed E-state index contributed by atoms with van der Waals surface area (Å²) in [4.78, 5) is 17.6. The van der Waals surface area contributed by atoms with E-state index in [2.05, 4.69) is 37.1 Å². The molecule has 0 saturated carbocycles. The van der Waals surface area contributed by atoms with Crippen molar-refractivity contribution in [1.29, 1.82) is 0 Å². The number of nitrogens with two attached hydrogens (primary N) is 1. The normalized spacial score (nSPS) is 12.0. The van der Waals surface area contributed by atoms with E-state index in [1.165, 1.54) is 29.8 Å². The van der Waals surface area contributed by atoms with Gasteiger partial charge in [0.25, 0.3) is 0 Å². The number of nitrogens with zero attached hydrogens (tertiary/aromatic N) is 3. The standard InChI is InChI=1S/C24H19FN6S/c1-14(26)5-7-18-12-21-23(32-18)24(28-13-27-21)29-17-6-8-19-20(11-17)31-22(30-19)10-15-3-2-4-16(25)9-15/h2-4,6,8-9,11-14H,10,26H2,1H3,(H,30,31)(H,27,28,29). The summed E-state index contributed by atoms with van der Waals surface area (Å²) in [5, 5.41) is 3.37. The van der Waals surface area contributed by atoms with E-state index in [0.29, 0.717) is 12.2 Å². The highest BCUT2D eigenvalue weighted by atomic mass is 32.1. The molecule has 3 heterocycles. The number of imidazole rings is 1. The minimum atomic E-state index is -0.249. The third-order valence-corrected chi connectivity index (χ3v) is 5.84. The van der Waals surface area contributed by atoms with Crippen LogP contribution in [0.25, 0.3) is 21.3 Å². The predicted octanol–water partition coefficient (Wildman–Crippen LogP) is 4.74. The van der Waals surface area contributed by atoms with Crippen molar-refractivity contribution in [2.75, 3.05) is 5.32 Å². The molecule has 2 aromatic carbocycles. The number of hydrogen-bond donors (Lipinski definition) is 3. The van der Waals surface area contributed by atoms with E-state index in [1.54, 1.807) is 6.07 Å². The van der Waals surface area contributed by atoms with E-state index in [9.17, 15) is 4.39 Å². The van der Waals surface area contributed by atoms with Crippen LogP contribution in [0.4, 0.5) is 15.9 Å². The zero-order valence-corrected chi connectivity index (χ0v) is 18.0. The Morgan fingerprint density at radius 3 is 2.91 bits per heavy atom. The zero-order chi connectivity index (χ0) is 22.1. The number of benzene rings is 2. The van der Waals surface area contributed by atoms with Crippen LogP contribution < -0.4 is 11.1 Å². The van der Waals surface area contributed by atoms with Gasteiger partial charge in [0.05, 0.1) is 32.2 Å². The fraction of sp³-hybridized carbons (Fsp3) is 0.125. The van der Waals surface area contributed by atoms with Crippen LogP contribution in [-0.2, 0) is 6.42 Å². The molecule has 8 heteroatoms. The molecule has 1 atom stereocenters. The molecule has 4 N–H and O–H groups in total. The molecular weight excluding hydrogens is 423 g/mol. The van der Waals surface area contributed by atoms with Gasteiger partial charge in [-0.25, -0.2) is 19.3 Å². The van der Waals surface area contributed by atoms with Gasteiger partial charge in [0.1, 0.15) is 18.0 Å². The largest absolute Gasteiger partial charge is 0.342 e. The number of nitrogens with one attached hydrogen (secondary N) is 2. The van der Waals surface area contributed by atoms with Gasteiger partial charge in [0.15, 0.2) is 5.82 Å². The van der Waals surface area contributed by atoms with Crippen molar-refractivity contribution >= 4 is 44.1 Å². The van der Waals surface area contributed by atoms with E-state index >= 15 is 0 Å². The molecule has 0 aliphatic rings. The average Bonchev–Trinajstić information content (AvgIpc) is 3.35. The molecule has 6 nitrogen and oxygen atoms in total. The van der Waals surface area contributed by atoms with Crippen LogP contribution in [0.1, 0.15) is 23.2 Å². The highest BCUT2D eigenvalue weighted by Gasteiger charge is 2.10. The number of aromatic amines is 1. The van der Waals surface area contributed by atoms with Crippen LogP contribution in [0, 0.1) is 17.7 Å². The number of aromatic nitrogens is 4. The Morgan fingerprint density at radius 2 is 2.06 bits per heavy atom. The highest BCUT2D eigenvalue weighted by molar-refractivity contribution is 7.20. The SMILES string of the molecule is CC(N)C#Cc1cc2ncnc(Nc3ccc4[nH]c(Cc5cccc(F)c5)nc4c3)c2s1. The molecule has 0 amide bonds. The van der Waals surface area contributed by atoms with Crippen molar-refractivity contribution in [3.05, 3.63) is 76.9 Å². The monoisotopic (exact) mass is 442 g/mol. The second-order valence-corrected chi connectivity index (χ2v) is 8.50. The quantitative estimate of drug-likeness (QED) is 0.350. The molecule has 0 aliphatic heterocycles. The average molecular weight is 443 g/mol. The first kappa shape index (κ1) is 20.1. The molecule has 0 saturated heterocycles. The lowest BCUT2D eigenvalue weighted by molar-refractivity contribution is 0.626. The van der Waals surface area contributed by atoms with Gasteiger partial charge < -0.3 is 16.0 Å². The number of rotatable bonds is 4. The van der Waals surface area contributed by atoms with E-state index in [1.807, 2.05) is 37.3 Å². The molecule has 5 aromatic rings. The Kier molecular flexibility index (Phi) is 5.27. The summed E-state index contributed by atoms with van der Waals surface area (Å²) in [7, 11) is 0. The summed E-state index contributed by atoms with van der Waals surface area (Å²) in [6, 6.07) is 14.2. The van der Waals surface area contributed by atoms with Gasteiger partial charge in [-0.05, 0) is 48.9 Å². The van der Waals surface area contributed by atoms with E-state index in [0.717, 1.165) is 43.2 Å². The number of halogens is 1. The van der Waals surface area contributed by atoms with Crippen LogP contribution in [0.5, 0.6) is 0 Å². The van der Waals surface area contributed by atoms with Gasteiger partial charge in [-0.2, -0.15) is 0 Å². The predicted molar refractivity (Wildman–Crippen MR) is 127 cm³/mol. The fourth-order valence-corrected chi connectivity index (χ4v) is 4.30. The van der Waals surface area contributed by atoms with Gasteiger partial charge in [-0.1, -0.05) is 24.0 Å². The van der Waals surface area contributed by atoms with Crippen molar-refractivity contribution in [3.63, 3.8) is 0 Å². The van der Waals surface area contributed by atoms with Crippen LogP contribution in [0.15, 0.2) is 54.9 Å². The first-order valence-corrected chi connectivity index (χ1v) is 10.9. The van der Waals surface area contributed by atoms with Crippen molar-refractivity contribution in [3.8, 4) is 11.8 Å². The van der Waals surface area contributed by atoms with Crippen molar-refractivity contribution in [1.82, 2.24) is 19.9 Å². The first-order chi connectivity index (χ1) is 15.5. The van der Waals surface area contributed by atoms with Gasteiger partial charge in [-0.15, -0.1) is 11.3 Å². The summed E-state index contributed by atoms with van der Waals surface area (Å²) in [6.07, 6.45) is 2.06. The molecule has 0 spiro atoms. The lowest BCUT2D eigenvalue weighted by Crippen LogP contribution is -2.10. The molecule has 158 valence electrons. The topological polar surface area (TPSA) is 92.5 Å². The summed E-state index contributed by atoms with van der Waals surface area (Å²) in [5.74, 6) is 7.30. The molecule has 0 aliphatic carbocycles. The number of H-pyrrole nitrogens is 1. The van der Waals surface area contributed by atoms with E-state index < -0.39 is 0 Å². The fourth-order valence-electron chi connectivity index (χ4n) is 3.39. The molecular formula is C24H19FN6S. The van der Waals surface area contributed by atoms with Gasteiger partial charge >= 0.3 is 0 Å². The minimum Gasteiger partial charge on any atom is -0.342 e. The van der Waals surface area contributed by atoms with Crippen LogP contribution >= 0.6 is 11.3 Å². The van der Waals surface area contributed by atoms with Crippen LogP contribution in [0.2, 0.25) is 0 Å². The van der Waals surface area contributed by atoms with Crippen molar-refractivity contribution < 1.29 is 4.39 Å². The number of thiophene rings is 1. The highest BCUT2D eigenvalue weighted by Crippen LogP contribution is 2.31.